The highest BCUT2D eigenvalue weighted by atomic mass is 16.3. The van der Waals surface area contributed by atoms with Crippen LogP contribution in [0.5, 0.6) is 5.75 Å². The number of rotatable bonds is 5. The van der Waals surface area contributed by atoms with Crippen LogP contribution in [0.25, 0.3) is 6.08 Å². The monoisotopic (exact) mass is 376 g/mol. The highest BCUT2D eigenvalue weighted by molar-refractivity contribution is 6.09. The molecular formula is C24H28N2O2. The SMILES string of the molecule is Cc1ccc(NC(=O)/C(C#N)=C/c2cc(C(C)C)c(O)c(C(C)C)c2)cc1C. The Kier molecular flexibility index (Phi) is 6.64. The summed E-state index contributed by atoms with van der Waals surface area (Å²) in [5, 5.41) is 22.8. The molecule has 0 saturated heterocycles. The van der Waals surface area contributed by atoms with E-state index in [1.54, 1.807) is 6.08 Å². The number of aromatic hydroxyl groups is 1. The predicted octanol–water partition coefficient (Wildman–Crippen LogP) is 5.80. The van der Waals surface area contributed by atoms with Crippen molar-refractivity contribution in [2.24, 2.45) is 0 Å². The van der Waals surface area contributed by atoms with Gasteiger partial charge >= 0.3 is 0 Å². The van der Waals surface area contributed by atoms with Crippen LogP contribution in [0.2, 0.25) is 0 Å². The number of benzene rings is 2. The van der Waals surface area contributed by atoms with Gasteiger partial charge in [0.15, 0.2) is 0 Å². The van der Waals surface area contributed by atoms with E-state index >= 15 is 0 Å². The number of aryl methyl sites for hydroxylation is 2. The maximum Gasteiger partial charge on any atom is 0.266 e. The first-order valence-electron chi connectivity index (χ1n) is 9.51. The van der Waals surface area contributed by atoms with E-state index in [4.69, 9.17) is 0 Å². The molecule has 0 radical (unpaired) electrons. The highest BCUT2D eigenvalue weighted by Gasteiger charge is 2.16. The predicted molar refractivity (Wildman–Crippen MR) is 114 cm³/mol. The first-order chi connectivity index (χ1) is 13.1. The standard InChI is InChI=1S/C24H28N2O2/c1-14(2)21-11-18(12-22(15(3)4)23(21)27)10-19(13-25)24(28)26-20-8-7-16(5)17(6)9-20/h7-12,14-15,27H,1-6H3,(H,26,28)/b19-10+. The smallest absolute Gasteiger partial charge is 0.266 e. The summed E-state index contributed by atoms with van der Waals surface area (Å²) in [7, 11) is 0. The Labute approximate surface area is 167 Å². The maximum absolute atomic E-state index is 12.6. The fourth-order valence-corrected chi connectivity index (χ4v) is 3.00. The van der Waals surface area contributed by atoms with Gasteiger partial charge in [0, 0.05) is 5.69 Å². The summed E-state index contributed by atoms with van der Waals surface area (Å²) in [5.41, 5.74) is 5.24. The molecule has 0 aliphatic heterocycles. The summed E-state index contributed by atoms with van der Waals surface area (Å²) < 4.78 is 0. The van der Waals surface area contributed by atoms with Crippen LogP contribution in [-0.2, 0) is 4.79 Å². The van der Waals surface area contributed by atoms with E-state index in [0.717, 1.165) is 27.8 Å². The fourth-order valence-electron chi connectivity index (χ4n) is 3.00. The first-order valence-corrected chi connectivity index (χ1v) is 9.51. The lowest BCUT2D eigenvalue weighted by atomic mass is 9.91. The van der Waals surface area contributed by atoms with Crippen molar-refractivity contribution in [1.82, 2.24) is 0 Å². The van der Waals surface area contributed by atoms with Crippen LogP contribution in [0.15, 0.2) is 35.9 Å². The number of nitrogens with one attached hydrogen (secondary N) is 1. The Hall–Kier alpha value is -3.06. The lowest BCUT2D eigenvalue weighted by molar-refractivity contribution is -0.112. The maximum atomic E-state index is 12.6. The second kappa shape index (κ2) is 8.75. The largest absolute Gasteiger partial charge is 0.507 e. The molecular weight excluding hydrogens is 348 g/mol. The molecule has 0 aliphatic rings. The fraction of sp³-hybridized carbons (Fsp3) is 0.333. The molecule has 1 amide bonds. The van der Waals surface area contributed by atoms with Crippen LogP contribution in [0, 0.1) is 25.2 Å². The topological polar surface area (TPSA) is 73.1 Å². The van der Waals surface area contributed by atoms with Crippen molar-refractivity contribution in [3.8, 4) is 11.8 Å². The second-order valence-electron chi connectivity index (χ2n) is 7.78. The number of carbonyl (C=O) groups is 1. The minimum Gasteiger partial charge on any atom is -0.507 e. The van der Waals surface area contributed by atoms with E-state index in [2.05, 4.69) is 5.32 Å². The van der Waals surface area contributed by atoms with E-state index in [1.807, 2.05) is 77.9 Å². The van der Waals surface area contributed by atoms with Gasteiger partial charge < -0.3 is 10.4 Å². The zero-order chi connectivity index (χ0) is 21.0. The number of nitriles is 1. The van der Waals surface area contributed by atoms with Crippen molar-refractivity contribution >= 4 is 17.7 Å². The van der Waals surface area contributed by atoms with E-state index in [-0.39, 0.29) is 17.4 Å². The molecule has 2 rings (SSSR count). The Balaban J connectivity index is 2.41. The summed E-state index contributed by atoms with van der Waals surface area (Å²) >= 11 is 0. The molecule has 4 heteroatoms. The van der Waals surface area contributed by atoms with Crippen molar-refractivity contribution in [1.29, 1.82) is 5.26 Å². The average molecular weight is 377 g/mol. The zero-order valence-corrected chi connectivity index (χ0v) is 17.4. The van der Waals surface area contributed by atoms with Crippen LogP contribution >= 0.6 is 0 Å². The number of nitrogens with zero attached hydrogens (tertiary/aromatic N) is 1. The first kappa shape index (κ1) is 21.2. The Morgan fingerprint density at radius 1 is 1.04 bits per heavy atom. The van der Waals surface area contributed by atoms with E-state index < -0.39 is 5.91 Å². The van der Waals surface area contributed by atoms with Crippen LogP contribution in [0.1, 0.15) is 67.3 Å². The molecule has 0 saturated carbocycles. The van der Waals surface area contributed by atoms with Gasteiger partial charge in [0.2, 0.25) is 0 Å². The number of phenolic OH excluding ortho intramolecular Hbond substituents is 1. The van der Waals surface area contributed by atoms with E-state index in [1.165, 1.54) is 0 Å². The second-order valence-corrected chi connectivity index (χ2v) is 7.78. The molecule has 2 aromatic carbocycles. The number of phenols is 1. The van der Waals surface area contributed by atoms with Crippen molar-refractivity contribution in [2.75, 3.05) is 5.32 Å². The third kappa shape index (κ3) is 4.80. The lowest BCUT2D eigenvalue weighted by Gasteiger charge is -2.16. The summed E-state index contributed by atoms with van der Waals surface area (Å²) in [6.07, 6.45) is 1.58. The van der Waals surface area contributed by atoms with E-state index in [9.17, 15) is 15.2 Å². The quantitative estimate of drug-likeness (QED) is 0.511. The summed E-state index contributed by atoms with van der Waals surface area (Å²) in [4.78, 5) is 12.6. The molecule has 0 unspecified atom stereocenters. The van der Waals surface area contributed by atoms with Crippen LogP contribution in [0.4, 0.5) is 5.69 Å². The molecule has 2 aromatic rings. The summed E-state index contributed by atoms with van der Waals surface area (Å²) in [6.45, 7) is 12.0. The van der Waals surface area contributed by atoms with Crippen molar-refractivity contribution in [3.63, 3.8) is 0 Å². The average Bonchev–Trinajstić information content (AvgIpc) is 2.63. The number of amides is 1. The number of anilines is 1. The minimum atomic E-state index is -0.448. The molecule has 0 aliphatic carbocycles. The van der Waals surface area contributed by atoms with Crippen LogP contribution < -0.4 is 5.32 Å². The highest BCUT2D eigenvalue weighted by Crippen LogP contribution is 2.35. The minimum absolute atomic E-state index is 0.0216. The van der Waals surface area contributed by atoms with Gasteiger partial charge in [-0.3, -0.25) is 4.79 Å². The van der Waals surface area contributed by atoms with Crippen LogP contribution in [-0.4, -0.2) is 11.0 Å². The van der Waals surface area contributed by atoms with Gasteiger partial charge in [-0.2, -0.15) is 5.26 Å². The van der Waals surface area contributed by atoms with Crippen LogP contribution in [0.3, 0.4) is 0 Å². The Morgan fingerprint density at radius 3 is 2.07 bits per heavy atom. The molecule has 0 atom stereocenters. The molecule has 0 bridgehead atoms. The van der Waals surface area contributed by atoms with Gasteiger partial charge in [-0.1, -0.05) is 33.8 Å². The van der Waals surface area contributed by atoms with Gasteiger partial charge in [-0.15, -0.1) is 0 Å². The van der Waals surface area contributed by atoms with Gasteiger partial charge in [-0.05, 0) is 83.8 Å². The number of hydrogen-bond acceptors (Lipinski definition) is 3. The number of carbonyl (C=O) groups excluding carboxylic acids is 1. The Morgan fingerprint density at radius 2 is 1.61 bits per heavy atom. The third-order valence-corrected chi connectivity index (χ3v) is 4.88. The molecule has 2 N–H and O–H groups in total. The van der Waals surface area contributed by atoms with E-state index in [0.29, 0.717) is 11.4 Å². The third-order valence-electron chi connectivity index (χ3n) is 4.88. The van der Waals surface area contributed by atoms with Gasteiger partial charge in [0.05, 0.1) is 0 Å². The van der Waals surface area contributed by atoms with Gasteiger partial charge in [0.25, 0.3) is 5.91 Å². The normalized spacial score (nSPS) is 11.6. The van der Waals surface area contributed by atoms with Crippen molar-refractivity contribution in [2.45, 2.75) is 53.4 Å². The zero-order valence-electron chi connectivity index (χ0n) is 17.4. The molecule has 146 valence electrons. The Bertz CT molecular complexity index is 934. The summed E-state index contributed by atoms with van der Waals surface area (Å²) in [6, 6.07) is 11.3. The molecule has 0 fully saturated rings. The summed E-state index contributed by atoms with van der Waals surface area (Å²) in [5.74, 6) is 0.0951. The molecule has 0 spiro atoms. The van der Waals surface area contributed by atoms with Gasteiger partial charge in [-0.25, -0.2) is 0 Å². The molecule has 0 heterocycles. The van der Waals surface area contributed by atoms with Crippen molar-refractivity contribution in [3.05, 3.63) is 63.7 Å². The lowest BCUT2D eigenvalue weighted by Crippen LogP contribution is -2.13. The molecule has 0 aromatic heterocycles. The number of hydrogen-bond donors (Lipinski definition) is 2. The molecule has 4 nitrogen and oxygen atoms in total. The van der Waals surface area contributed by atoms with Crippen molar-refractivity contribution < 1.29 is 9.90 Å². The molecule has 28 heavy (non-hydrogen) atoms. The van der Waals surface area contributed by atoms with Gasteiger partial charge in [0.1, 0.15) is 17.4 Å².